The number of fused-ring (bicyclic) bond motifs is 1. The van der Waals surface area contributed by atoms with Crippen molar-refractivity contribution in [2.45, 2.75) is 0 Å². The van der Waals surface area contributed by atoms with Crippen LogP contribution in [0.4, 0.5) is 5.69 Å². The van der Waals surface area contributed by atoms with Crippen LogP contribution in [0.15, 0.2) is 47.1 Å². The van der Waals surface area contributed by atoms with Crippen molar-refractivity contribution in [2.75, 3.05) is 12.4 Å². The molecule has 0 spiro atoms. The molecule has 3 aromatic rings. The van der Waals surface area contributed by atoms with E-state index >= 15 is 0 Å². The van der Waals surface area contributed by atoms with Gasteiger partial charge in [0.15, 0.2) is 5.58 Å². The number of benzene rings is 1. The fourth-order valence-electron chi connectivity index (χ4n) is 2.33. The fourth-order valence-corrected chi connectivity index (χ4v) is 2.33. The predicted molar refractivity (Wildman–Crippen MR) is 80.9 cm³/mol. The zero-order chi connectivity index (χ0) is 15.7. The Labute approximate surface area is 126 Å². The number of methoxy groups -OCH3 is 1. The number of nitrogens with zero attached hydrogens (tertiary/aromatic N) is 1. The lowest BCUT2D eigenvalue weighted by molar-refractivity contribution is 0.0602. The number of para-hydroxylation sites is 1. The van der Waals surface area contributed by atoms with Crippen LogP contribution in [0.5, 0.6) is 0 Å². The summed E-state index contributed by atoms with van der Waals surface area (Å²) in [5.41, 5.74) is 2.60. The van der Waals surface area contributed by atoms with E-state index in [9.17, 15) is 9.59 Å². The topological polar surface area (TPSA) is 73.5 Å². The molecule has 1 amide bonds. The van der Waals surface area contributed by atoms with Gasteiger partial charge in [-0.1, -0.05) is 12.1 Å². The van der Waals surface area contributed by atoms with Crippen LogP contribution in [0.25, 0.3) is 11.1 Å². The average molecular weight is 298 g/mol. The van der Waals surface area contributed by atoms with Gasteiger partial charge in [0.1, 0.15) is 5.69 Å². The van der Waals surface area contributed by atoms with Gasteiger partial charge in [0.05, 0.1) is 30.1 Å². The normalized spacial score (nSPS) is 10.6. The van der Waals surface area contributed by atoms with E-state index in [4.69, 9.17) is 9.15 Å². The summed E-state index contributed by atoms with van der Waals surface area (Å²) in [5, 5.41) is 2.73. The molecule has 0 bridgehead atoms. The second kappa shape index (κ2) is 5.40. The van der Waals surface area contributed by atoms with Crippen molar-refractivity contribution in [1.82, 2.24) is 4.57 Å². The van der Waals surface area contributed by atoms with Crippen LogP contribution < -0.4 is 5.32 Å². The number of carbonyl (C=O) groups is 2. The summed E-state index contributed by atoms with van der Waals surface area (Å²) in [7, 11) is 3.07. The van der Waals surface area contributed by atoms with Gasteiger partial charge in [-0.3, -0.25) is 4.79 Å². The van der Waals surface area contributed by atoms with Gasteiger partial charge in [0.2, 0.25) is 0 Å². The van der Waals surface area contributed by atoms with E-state index in [0.717, 1.165) is 5.52 Å². The lowest BCUT2D eigenvalue weighted by Gasteiger charge is -2.10. The minimum Gasteiger partial charge on any atom is -0.465 e. The number of nitrogens with one attached hydrogen (secondary N) is 1. The molecule has 0 unspecified atom stereocenters. The third kappa shape index (κ3) is 2.24. The molecule has 0 aliphatic carbocycles. The smallest absolute Gasteiger partial charge is 0.339 e. The van der Waals surface area contributed by atoms with E-state index in [0.29, 0.717) is 22.5 Å². The van der Waals surface area contributed by atoms with Crippen LogP contribution in [-0.2, 0) is 11.8 Å². The Hall–Kier alpha value is -3.02. The lowest BCUT2D eigenvalue weighted by Crippen LogP contribution is -2.17. The number of hydrogen-bond donors (Lipinski definition) is 1. The van der Waals surface area contributed by atoms with Gasteiger partial charge in [0, 0.05) is 19.2 Å². The maximum Gasteiger partial charge on any atom is 0.339 e. The number of carbonyl (C=O) groups excluding carboxylic acids is 2. The molecule has 112 valence electrons. The summed E-state index contributed by atoms with van der Waals surface area (Å²) < 4.78 is 11.7. The number of aryl methyl sites for hydroxylation is 1. The first-order valence-electron chi connectivity index (χ1n) is 6.63. The Balaban J connectivity index is 1.93. The first-order valence-corrected chi connectivity index (χ1v) is 6.63. The number of rotatable bonds is 3. The van der Waals surface area contributed by atoms with Crippen LogP contribution in [-0.4, -0.2) is 23.6 Å². The number of ether oxygens (including phenoxy) is 1. The first-order chi connectivity index (χ1) is 10.6. The molecule has 0 aliphatic heterocycles. The largest absolute Gasteiger partial charge is 0.465 e. The van der Waals surface area contributed by atoms with Gasteiger partial charge in [-0.25, -0.2) is 4.79 Å². The van der Waals surface area contributed by atoms with Crippen molar-refractivity contribution in [3.63, 3.8) is 0 Å². The highest BCUT2D eigenvalue weighted by Gasteiger charge is 2.18. The van der Waals surface area contributed by atoms with Gasteiger partial charge < -0.3 is 19.0 Å². The summed E-state index contributed by atoms with van der Waals surface area (Å²) >= 11 is 0. The highest BCUT2D eigenvalue weighted by atomic mass is 16.5. The second-order valence-electron chi connectivity index (χ2n) is 4.75. The third-order valence-corrected chi connectivity index (χ3v) is 3.48. The van der Waals surface area contributed by atoms with E-state index in [1.807, 2.05) is 0 Å². The van der Waals surface area contributed by atoms with Crippen LogP contribution in [0.3, 0.4) is 0 Å². The van der Waals surface area contributed by atoms with Crippen molar-refractivity contribution in [2.24, 2.45) is 7.05 Å². The van der Waals surface area contributed by atoms with Crippen molar-refractivity contribution in [1.29, 1.82) is 0 Å². The van der Waals surface area contributed by atoms with Crippen molar-refractivity contribution < 1.29 is 18.7 Å². The van der Waals surface area contributed by atoms with Gasteiger partial charge in [-0.2, -0.15) is 0 Å². The fraction of sp³-hybridized carbons (Fsp3) is 0.125. The van der Waals surface area contributed by atoms with E-state index in [1.54, 1.807) is 54.3 Å². The summed E-state index contributed by atoms with van der Waals surface area (Å²) in [4.78, 5) is 24.2. The molecule has 3 rings (SSSR count). The second-order valence-corrected chi connectivity index (χ2v) is 4.75. The lowest BCUT2D eigenvalue weighted by atomic mass is 10.1. The number of furan rings is 1. The SMILES string of the molecule is COC(=O)c1ccccc1NC(=O)c1cc2occc2n1C. The molecule has 0 fully saturated rings. The Morgan fingerprint density at radius 3 is 2.73 bits per heavy atom. The summed E-state index contributed by atoms with van der Waals surface area (Å²) in [6.45, 7) is 0. The van der Waals surface area contributed by atoms with Crippen molar-refractivity contribution in [3.8, 4) is 0 Å². The monoisotopic (exact) mass is 298 g/mol. The molecule has 6 heteroatoms. The van der Waals surface area contributed by atoms with Gasteiger partial charge in [-0.05, 0) is 12.1 Å². The molecule has 6 nitrogen and oxygen atoms in total. The van der Waals surface area contributed by atoms with E-state index < -0.39 is 5.97 Å². The first kappa shape index (κ1) is 13.9. The zero-order valence-corrected chi connectivity index (χ0v) is 12.1. The molecule has 0 aliphatic rings. The van der Waals surface area contributed by atoms with Crippen molar-refractivity contribution >= 4 is 28.7 Å². The number of anilines is 1. The molecule has 2 heterocycles. The van der Waals surface area contributed by atoms with Gasteiger partial charge >= 0.3 is 5.97 Å². The molecule has 2 aromatic heterocycles. The van der Waals surface area contributed by atoms with Crippen LogP contribution in [0.2, 0.25) is 0 Å². The molecular formula is C16H14N2O4. The van der Waals surface area contributed by atoms with Crippen molar-refractivity contribution in [3.05, 3.63) is 53.9 Å². The quantitative estimate of drug-likeness (QED) is 0.755. The van der Waals surface area contributed by atoms with Gasteiger partial charge in [0.25, 0.3) is 5.91 Å². The number of hydrogen-bond acceptors (Lipinski definition) is 4. The highest BCUT2D eigenvalue weighted by molar-refractivity contribution is 6.08. The van der Waals surface area contributed by atoms with Crippen LogP contribution in [0.1, 0.15) is 20.8 Å². The summed E-state index contributed by atoms with van der Waals surface area (Å²) in [6, 6.07) is 10.1. The van der Waals surface area contributed by atoms with Gasteiger partial charge in [-0.15, -0.1) is 0 Å². The maximum atomic E-state index is 12.4. The molecule has 0 atom stereocenters. The predicted octanol–water partition coefficient (Wildman–Crippen LogP) is 2.81. The van der Waals surface area contributed by atoms with E-state index in [-0.39, 0.29) is 5.91 Å². The summed E-state index contributed by atoms with van der Waals surface area (Å²) in [6.07, 6.45) is 1.57. The molecular weight excluding hydrogens is 284 g/mol. The number of amides is 1. The molecule has 0 radical (unpaired) electrons. The van der Waals surface area contributed by atoms with E-state index in [2.05, 4.69) is 5.32 Å². The number of aromatic nitrogens is 1. The minimum absolute atomic E-state index is 0.302. The Bertz CT molecular complexity index is 860. The summed E-state index contributed by atoms with van der Waals surface area (Å²) in [5.74, 6) is -0.832. The minimum atomic E-state index is -0.503. The Morgan fingerprint density at radius 1 is 1.23 bits per heavy atom. The van der Waals surface area contributed by atoms with Crippen LogP contribution in [0, 0.1) is 0 Å². The molecule has 1 N–H and O–H groups in total. The Morgan fingerprint density at radius 2 is 2.00 bits per heavy atom. The maximum absolute atomic E-state index is 12.4. The molecule has 1 aromatic carbocycles. The van der Waals surface area contributed by atoms with E-state index in [1.165, 1.54) is 7.11 Å². The highest BCUT2D eigenvalue weighted by Crippen LogP contribution is 2.22. The standard InChI is InChI=1S/C16H14N2O4/c1-18-12-7-8-22-14(12)9-13(18)15(19)17-11-6-4-3-5-10(11)16(20)21-2/h3-9H,1-2H3,(H,17,19). The Kier molecular flexibility index (Phi) is 3.42. The molecule has 22 heavy (non-hydrogen) atoms. The van der Waals surface area contributed by atoms with Crippen LogP contribution >= 0.6 is 0 Å². The molecule has 0 saturated carbocycles. The average Bonchev–Trinajstić information content (AvgIpc) is 3.10. The number of esters is 1. The molecule has 0 saturated heterocycles. The zero-order valence-electron chi connectivity index (χ0n) is 12.1. The third-order valence-electron chi connectivity index (χ3n) is 3.48.